The third kappa shape index (κ3) is 2.20. The molecule has 1 N–H and O–H groups in total. The molecule has 0 unspecified atom stereocenters. The summed E-state index contributed by atoms with van der Waals surface area (Å²) in [6, 6.07) is 3.49. The van der Waals surface area contributed by atoms with E-state index in [4.69, 9.17) is 0 Å². The molecule has 0 amide bonds. The van der Waals surface area contributed by atoms with Crippen LogP contribution in [0.2, 0.25) is 0 Å². The molecule has 2 aliphatic rings. The summed E-state index contributed by atoms with van der Waals surface area (Å²) < 4.78 is 0. The Kier molecular flexibility index (Phi) is 2.85. The van der Waals surface area contributed by atoms with Gasteiger partial charge in [0.1, 0.15) is 5.69 Å². The van der Waals surface area contributed by atoms with Crippen molar-refractivity contribution < 1.29 is 9.85 Å². The molecule has 2 fully saturated rings. The summed E-state index contributed by atoms with van der Waals surface area (Å²) in [5.74, 6) is 1.27. The Bertz CT molecular complexity index is 628. The van der Waals surface area contributed by atoms with Gasteiger partial charge in [-0.3, -0.25) is 25.7 Å². The highest BCUT2D eigenvalue weighted by Crippen LogP contribution is 2.50. The van der Waals surface area contributed by atoms with Gasteiger partial charge >= 0.3 is 5.69 Å². The number of nitrogens with one attached hydrogen (secondary N) is 1. The van der Waals surface area contributed by atoms with E-state index in [1.54, 1.807) is 0 Å². The molecule has 3 rings (SSSR count). The fraction of sp³-hybridized carbons (Fsp3) is 0.417. The van der Waals surface area contributed by atoms with Crippen molar-refractivity contribution in [1.29, 1.82) is 0 Å². The highest BCUT2D eigenvalue weighted by Gasteiger charge is 2.45. The molecule has 0 heterocycles. The molecule has 2 aliphatic carbocycles. The Morgan fingerprint density at radius 1 is 1.25 bits per heavy atom. The van der Waals surface area contributed by atoms with Crippen molar-refractivity contribution in [2.45, 2.75) is 19.3 Å². The van der Waals surface area contributed by atoms with Gasteiger partial charge in [0.25, 0.3) is 5.69 Å². The molecule has 1 aromatic carbocycles. The van der Waals surface area contributed by atoms with Crippen molar-refractivity contribution >= 4 is 22.8 Å². The minimum atomic E-state index is -0.658. The SMILES string of the molecule is O=[N+]([O-])c1ccc(N/N=C2/CC[C@@H]3C[C@H]23)c([N+](=O)[O-])c1. The number of non-ortho nitro benzene ring substituents is 1. The van der Waals surface area contributed by atoms with Crippen molar-refractivity contribution in [3.63, 3.8) is 0 Å². The summed E-state index contributed by atoms with van der Waals surface area (Å²) in [6.45, 7) is 0. The van der Waals surface area contributed by atoms with Crippen LogP contribution in [0.25, 0.3) is 0 Å². The maximum absolute atomic E-state index is 11.0. The number of fused-ring (bicyclic) bond motifs is 1. The molecule has 0 radical (unpaired) electrons. The monoisotopic (exact) mass is 276 g/mol. The van der Waals surface area contributed by atoms with Gasteiger partial charge in [0.05, 0.1) is 15.9 Å². The zero-order valence-corrected chi connectivity index (χ0v) is 10.5. The van der Waals surface area contributed by atoms with E-state index in [9.17, 15) is 20.2 Å². The Morgan fingerprint density at radius 2 is 2.05 bits per heavy atom. The van der Waals surface area contributed by atoms with Crippen LogP contribution >= 0.6 is 0 Å². The van der Waals surface area contributed by atoms with Crippen LogP contribution in [0.3, 0.4) is 0 Å². The Morgan fingerprint density at radius 3 is 2.60 bits per heavy atom. The summed E-state index contributed by atoms with van der Waals surface area (Å²) in [6.07, 6.45) is 3.21. The molecule has 8 heteroatoms. The van der Waals surface area contributed by atoms with Crippen LogP contribution < -0.4 is 5.43 Å². The Labute approximate surface area is 113 Å². The van der Waals surface area contributed by atoms with Crippen molar-refractivity contribution in [1.82, 2.24) is 0 Å². The lowest BCUT2D eigenvalue weighted by molar-refractivity contribution is -0.393. The largest absolute Gasteiger partial charge is 0.301 e. The highest BCUT2D eigenvalue weighted by atomic mass is 16.6. The fourth-order valence-corrected chi connectivity index (χ4v) is 2.64. The first-order valence-corrected chi connectivity index (χ1v) is 6.31. The average molecular weight is 276 g/mol. The van der Waals surface area contributed by atoms with Crippen LogP contribution in [-0.2, 0) is 0 Å². The molecule has 0 bridgehead atoms. The third-order valence-corrected chi connectivity index (χ3v) is 3.83. The van der Waals surface area contributed by atoms with E-state index in [1.165, 1.54) is 12.1 Å². The van der Waals surface area contributed by atoms with Crippen LogP contribution in [0.5, 0.6) is 0 Å². The molecule has 2 atom stereocenters. The Balaban J connectivity index is 1.85. The van der Waals surface area contributed by atoms with E-state index in [0.717, 1.165) is 37.0 Å². The van der Waals surface area contributed by atoms with Gasteiger partial charge in [-0.2, -0.15) is 5.10 Å². The van der Waals surface area contributed by atoms with Gasteiger partial charge in [-0.25, -0.2) is 0 Å². The van der Waals surface area contributed by atoms with Gasteiger partial charge in [-0.1, -0.05) is 0 Å². The number of anilines is 1. The van der Waals surface area contributed by atoms with E-state index < -0.39 is 9.85 Å². The predicted molar refractivity (Wildman–Crippen MR) is 71.6 cm³/mol. The summed E-state index contributed by atoms with van der Waals surface area (Å²) in [4.78, 5) is 20.3. The van der Waals surface area contributed by atoms with Gasteiger partial charge in [0, 0.05) is 17.7 Å². The van der Waals surface area contributed by atoms with E-state index in [-0.39, 0.29) is 17.1 Å². The predicted octanol–water partition coefficient (Wildman–Crippen LogP) is 2.70. The number of hydrogen-bond acceptors (Lipinski definition) is 6. The number of benzene rings is 1. The number of nitro benzene ring substituents is 2. The number of hydrazone groups is 1. The van der Waals surface area contributed by atoms with Gasteiger partial charge in [0.15, 0.2) is 0 Å². The lowest BCUT2D eigenvalue weighted by atomic mass is 10.2. The molecule has 0 aliphatic heterocycles. The fourth-order valence-electron chi connectivity index (χ4n) is 2.64. The standard InChI is InChI=1S/C12H12N4O4/c17-15(18)8-2-4-11(12(6-8)16(19)20)14-13-10-3-1-7-5-9(7)10/h2,4,6-7,9,14H,1,3,5H2/b13-10-/t7-,9+/m1/s1. The second-order valence-electron chi connectivity index (χ2n) is 5.07. The van der Waals surface area contributed by atoms with E-state index in [0.29, 0.717) is 5.92 Å². The van der Waals surface area contributed by atoms with Crippen LogP contribution in [0.1, 0.15) is 19.3 Å². The lowest BCUT2D eigenvalue weighted by Gasteiger charge is -2.04. The lowest BCUT2D eigenvalue weighted by Crippen LogP contribution is -2.03. The maximum atomic E-state index is 11.0. The molecule has 8 nitrogen and oxygen atoms in total. The molecule has 0 aromatic heterocycles. The van der Waals surface area contributed by atoms with Gasteiger partial charge < -0.3 is 0 Å². The van der Waals surface area contributed by atoms with Gasteiger partial charge in [-0.05, 0) is 31.2 Å². The third-order valence-electron chi connectivity index (χ3n) is 3.83. The first kappa shape index (κ1) is 12.5. The van der Waals surface area contributed by atoms with Gasteiger partial charge in [0.2, 0.25) is 0 Å². The first-order valence-electron chi connectivity index (χ1n) is 6.31. The maximum Gasteiger partial charge on any atom is 0.301 e. The number of nitro groups is 2. The number of rotatable bonds is 4. The molecule has 104 valence electrons. The minimum absolute atomic E-state index is 0.178. The van der Waals surface area contributed by atoms with Crippen LogP contribution in [0.15, 0.2) is 23.3 Å². The van der Waals surface area contributed by atoms with Crippen LogP contribution in [-0.4, -0.2) is 15.6 Å². The van der Waals surface area contributed by atoms with Crippen molar-refractivity contribution in [3.05, 3.63) is 38.4 Å². The van der Waals surface area contributed by atoms with Crippen molar-refractivity contribution in [2.24, 2.45) is 16.9 Å². The second-order valence-corrected chi connectivity index (χ2v) is 5.07. The number of hydrogen-bond donors (Lipinski definition) is 1. The normalized spacial score (nSPS) is 25.3. The van der Waals surface area contributed by atoms with Crippen LogP contribution in [0.4, 0.5) is 17.1 Å². The zero-order valence-electron chi connectivity index (χ0n) is 10.5. The number of nitrogens with zero attached hydrogens (tertiary/aromatic N) is 3. The summed E-state index contributed by atoms with van der Waals surface area (Å²) in [7, 11) is 0. The van der Waals surface area contributed by atoms with E-state index in [1.807, 2.05) is 0 Å². The molecule has 2 saturated carbocycles. The van der Waals surface area contributed by atoms with Crippen molar-refractivity contribution in [3.8, 4) is 0 Å². The van der Waals surface area contributed by atoms with Crippen LogP contribution in [0, 0.1) is 32.1 Å². The highest BCUT2D eigenvalue weighted by molar-refractivity contribution is 5.92. The zero-order chi connectivity index (χ0) is 14.3. The molecule has 0 spiro atoms. The summed E-state index contributed by atoms with van der Waals surface area (Å²) in [5.41, 5.74) is 3.26. The minimum Gasteiger partial charge on any atom is -0.272 e. The van der Waals surface area contributed by atoms with E-state index in [2.05, 4.69) is 10.5 Å². The quantitative estimate of drug-likeness (QED) is 0.671. The second kappa shape index (κ2) is 4.55. The molecule has 20 heavy (non-hydrogen) atoms. The average Bonchev–Trinajstić information content (AvgIpc) is 3.09. The topological polar surface area (TPSA) is 111 Å². The summed E-state index contributed by atoms with van der Waals surface area (Å²) >= 11 is 0. The van der Waals surface area contributed by atoms with E-state index >= 15 is 0 Å². The Hall–Kier alpha value is -2.51. The van der Waals surface area contributed by atoms with Crippen molar-refractivity contribution in [2.75, 3.05) is 5.43 Å². The molecule has 0 saturated heterocycles. The smallest absolute Gasteiger partial charge is 0.272 e. The first-order chi connectivity index (χ1) is 9.56. The van der Waals surface area contributed by atoms with Gasteiger partial charge in [-0.15, -0.1) is 0 Å². The summed E-state index contributed by atoms with van der Waals surface area (Å²) in [5, 5.41) is 25.8. The molecular weight excluding hydrogens is 264 g/mol. The molecule has 1 aromatic rings. The molecular formula is C12H12N4O4.